The first-order valence-electron chi connectivity index (χ1n) is 7.88. The molecule has 0 heterocycles. The third-order valence-corrected chi connectivity index (χ3v) is 3.65. The summed E-state index contributed by atoms with van der Waals surface area (Å²) in [4.78, 5) is 23.6. The van der Waals surface area contributed by atoms with Crippen LogP contribution in [0.15, 0.2) is 54.1 Å². The van der Waals surface area contributed by atoms with E-state index in [1.54, 1.807) is 25.1 Å². The second-order valence-corrected chi connectivity index (χ2v) is 5.35. The number of methoxy groups -OCH3 is 1. The Morgan fingerprint density at radius 3 is 2.44 bits per heavy atom. The van der Waals surface area contributed by atoms with E-state index in [-0.39, 0.29) is 17.7 Å². The second-order valence-electron chi connectivity index (χ2n) is 5.35. The van der Waals surface area contributed by atoms with Crippen LogP contribution in [-0.2, 0) is 16.1 Å². The van der Waals surface area contributed by atoms with Gasteiger partial charge in [-0.05, 0) is 35.8 Å². The maximum Gasteiger partial charge on any atom is 0.342 e. The van der Waals surface area contributed by atoms with Crippen LogP contribution in [0, 0.1) is 0 Å². The molecule has 0 aliphatic rings. The Balaban J connectivity index is 2.24. The summed E-state index contributed by atoms with van der Waals surface area (Å²) in [6, 6.07) is 14.3. The van der Waals surface area contributed by atoms with E-state index in [1.165, 1.54) is 13.2 Å². The minimum absolute atomic E-state index is 0.151. The number of carboxylic acid groups (broad SMARTS) is 1. The molecule has 5 heteroatoms. The van der Waals surface area contributed by atoms with E-state index in [0.717, 1.165) is 5.56 Å². The first-order valence-corrected chi connectivity index (χ1v) is 7.88. The average molecular weight is 340 g/mol. The number of carbonyl (C=O) groups excluding carboxylic acids is 1. The molecule has 0 aliphatic carbocycles. The molecule has 0 atom stereocenters. The van der Waals surface area contributed by atoms with Crippen molar-refractivity contribution >= 4 is 18.0 Å². The molecule has 2 aromatic carbocycles. The van der Waals surface area contributed by atoms with E-state index in [1.807, 2.05) is 30.3 Å². The molecule has 2 aromatic rings. The third-order valence-electron chi connectivity index (χ3n) is 3.65. The summed E-state index contributed by atoms with van der Waals surface area (Å²) in [6.45, 7) is 1.91. The van der Waals surface area contributed by atoms with Crippen molar-refractivity contribution in [2.75, 3.05) is 7.11 Å². The lowest BCUT2D eigenvalue weighted by Gasteiger charge is -2.10. The van der Waals surface area contributed by atoms with Gasteiger partial charge in [0, 0.05) is 5.57 Å². The lowest BCUT2D eigenvalue weighted by Crippen LogP contribution is -2.08. The summed E-state index contributed by atoms with van der Waals surface area (Å²) in [5, 5.41) is 9.14. The predicted octanol–water partition coefficient (Wildman–Crippen LogP) is 3.93. The van der Waals surface area contributed by atoms with E-state index in [2.05, 4.69) is 0 Å². The fraction of sp³-hybridized carbons (Fsp3) is 0.200. The lowest BCUT2D eigenvalue weighted by atomic mass is 10.1. The predicted molar refractivity (Wildman–Crippen MR) is 94.5 cm³/mol. The van der Waals surface area contributed by atoms with Crippen LogP contribution in [-0.4, -0.2) is 24.2 Å². The highest BCUT2D eigenvalue weighted by atomic mass is 16.5. The van der Waals surface area contributed by atoms with Gasteiger partial charge in [0.1, 0.15) is 17.9 Å². The number of aliphatic carboxylic acids is 1. The highest BCUT2D eigenvalue weighted by molar-refractivity contribution is 5.95. The molecule has 0 bridgehead atoms. The molecule has 25 heavy (non-hydrogen) atoms. The molecular formula is C20H20O5. The maximum absolute atomic E-state index is 12.4. The lowest BCUT2D eigenvalue weighted by molar-refractivity contribution is -0.132. The van der Waals surface area contributed by atoms with Crippen molar-refractivity contribution in [1.29, 1.82) is 0 Å². The average Bonchev–Trinajstić information content (AvgIpc) is 2.64. The Morgan fingerprint density at radius 2 is 1.84 bits per heavy atom. The fourth-order valence-electron chi connectivity index (χ4n) is 2.29. The molecular weight excluding hydrogens is 320 g/mol. The first-order chi connectivity index (χ1) is 12.0. The van der Waals surface area contributed by atoms with Crippen molar-refractivity contribution in [2.45, 2.75) is 20.0 Å². The molecule has 0 fully saturated rings. The van der Waals surface area contributed by atoms with E-state index < -0.39 is 11.9 Å². The van der Waals surface area contributed by atoms with Crippen molar-refractivity contribution in [3.63, 3.8) is 0 Å². The highest BCUT2D eigenvalue weighted by Gasteiger charge is 2.15. The Morgan fingerprint density at radius 1 is 1.12 bits per heavy atom. The van der Waals surface area contributed by atoms with Crippen LogP contribution in [0.1, 0.15) is 34.8 Å². The first kappa shape index (κ1) is 18.3. The zero-order valence-corrected chi connectivity index (χ0v) is 14.2. The standard InChI is InChI=1S/C20H20O5/c1-3-16(19(21)22)11-15-9-10-18(24-2)17(12-15)20(23)25-13-14-7-5-4-6-8-14/h4-12H,3,13H2,1-2H3,(H,21,22). The topological polar surface area (TPSA) is 72.8 Å². The molecule has 0 radical (unpaired) electrons. The van der Waals surface area contributed by atoms with Crippen molar-refractivity contribution in [2.24, 2.45) is 0 Å². The molecule has 1 N–H and O–H groups in total. The van der Waals surface area contributed by atoms with E-state index >= 15 is 0 Å². The van der Waals surface area contributed by atoms with Crippen LogP contribution in [0.2, 0.25) is 0 Å². The number of esters is 1. The van der Waals surface area contributed by atoms with Gasteiger partial charge in [-0.3, -0.25) is 0 Å². The van der Waals surface area contributed by atoms with Crippen molar-refractivity contribution < 1.29 is 24.2 Å². The maximum atomic E-state index is 12.4. The third kappa shape index (κ3) is 4.94. The Labute approximate surface area is 146 Å². The van der Waals surface area contributed by atoms with Crippen molar-refractivity contribution in [3.8, 4) is 5.75 Å². The van der Waals surface area contributed by atoms with Gasteiger partial charge in [0.25, 0.3) is 0 Å². The van der Waals surface area contributed by atoms with Crippen molar-refractivity contribution in [1.82, 2.24) is 0 Å². The monoisotopic (exact) mass is 340 g/mol. The van der Waals surface area contributed by atoms with Crippen LogP contribution < -0.4 is 4.74 Å². The molecule has 130 valence electrons. The zero-order valence-electron chi connectivity index (χ0n) is 14.2. The highest BCUT2D eigenvalue weighted by Crippen LogP contribution is 2.23. The van der Waals surface area contributed by atoms with Crippen LogP contribution in [0.25, 0.3) is 6.08 Å². The molecule has 0 spiro atoms. The number of ether oxygens (including phenoxy) is 2. The Kier molecular flexibility index (Phi) is 6.34. The molecule has 0 unspecified atom stereocenters. The summed E-state index contributed by atoms with van der Waals surface area (Å²) in [5.41, 5.74) is 2.00. The SMILES string of the molecule is CCC(=Cc1ccc(OC)c(C(=O)OCc2ccccc2)c1)C(=O)O. The Bertz CT molecular complexity index is 778. The van der Waals surface area contributed by atoms with Gasteiger partial charge in [-0.15, -0.1) is 0 Å². The van der Waals surface area contributed by atoms with Gasteiger partial charge in [-0.1, -0.05) is 43.3 Å². The molecule has 0 aliphatic heterocycles. The smallest absolute Gasteiger partial charge is 0.342 e. The number of hydrogen-bond acceptors (Lipinski definition) is 4. The van der Waals surface area contributed by atoms with Gasteiger partial charge < -0.3 is 14.6 Å². The van der Waals surface area contributed by atoms with Gasteiger partial charge in [-0.25, -0.2) is 9.59 Å². The zero-order chi connectivity index (χ0) is 18.2. The number of carbonyl (C=O) groups is 2. The fourth-order valence-corrected chi connectivity index (χ4v) is 2.29. The second kappa shape index (κ2) is 8.68. The molecule has 0 amide bonds. The molecule has 0 aromatic heterocycles. The van der Waals surface area contributed by atoms with Crippen LogP contribution in [0.5, 0.6) is 5.75 Å². The van der Waals surface area contributed by atoms with Gasteiger partial charge in [-0.2, -0.15) is 0 Å². The molecule has 5 nitrogen and oxygen atoms in total. The molecule has 0 saturated carbocycles. The minimum Gasteiger partial charge on any atom is -0.496 e. The largest absolute Gasteiger partial charge is 0.496 e. The van der Waals surface area contributed by atoms with E-state index in [0.29, 0.717) is 17.7 Å². The van der Waals surface area contributed by atoms with E-state index in [9.17, 15) is 9.59 Å². The summed E-state index contributed by atoms with van der Waals surface area (Å²) in [5.74, 6) is -1.13. The number of rotatable bonds is 7. The minimum atomic E-state index is -0.980. The van der Waals surface area contributed by atoms with Crippen LogP contribution in [0.4, 0.5) is 0 Å². The number of carboxylic acids is 1. The molecule has 2 rings (SSSR count). The van der Waals surface area contributed by atoms with Crippen LogP contribution in [0.3, 0.4) is 0 Å². The number of hydrogen-bond donors (Lipinski definition) is 1. The Hall–Kier alpha value is -3.08. The van der Waals surface area contributed by atoms with Gasteiger partial charge in [0.15, 0.2) is 0 Å². The van der Waals surface area contributed by atoms with Crippen LogP contribution >= 0.6 is 0 Å². The van der Waals surface area contributed by atoms with Gasteiger partial charge >= 0.3 is 11.9 Å². The normalized spacial score (nSPS) is 11.0. The summed E-state index contributed by atoms with van der Waals surface area (Å²) in [6.07, 6.45) is 1.92. The van der Waals surface area contributed by atoms with Gasteiger partial charge in [0.2, 0.25) is 0 Å². The molecule has 0 saturated heterocycles. The summed E-state index contributed by atoms with van der Waals surface area (Å²) < 4.78 is 10.5. The van der Waals surface area contributed by atoms with E-state index in [4.69, 9.17) is 14.6 Å². The quantitative estimate of drug-likeness (QED) is 0.611. The summed E-state index contributed by atoms with van der Waals surface area (Å²) in [7, 11) is 1.47. The van der Waals surface area contributed by atoms with Gasteiger partial charge in [0.05, 0.1) is 7.11 Å². The summed E-state index contributed by atoms with van der Waals surface area (Å²) >= 11 is 0. The van der Waals surface area contributed by atoms with Crippen molar-refractivity contribution in [3.05, 3.63) is 70.8 Å². The number of benzene rings is 2.